The maximum atomic E-state index is 12.6. The molecule has 1 amide bonds. The summed E-state index contributed by atoms with van der Waals surface area (Å²) in [5.74, 6) is 1.20. The molecule has 4 unspecified atom stereocenters. The first-order chi connectivity index (χ1) is 9.99. The molecule has 2 rings (SSSR count). The Kier molecular flexibility index (Phi) is 6.06. The van der Waals surface area contributed by atoms with Crippen LogP contribution in [0.25, 0.3) is 0 Å². The zero-order valence-electron chi connectivity index (χ0n) is 13.9. The highest BCUT2D eigenvalue weighted by atomic mass is 16.3. The largest absolute Gasteiger partial charge is 0.393 e. The van der Waals surface area contributed by atoms with E-state index in [9.17, 15) is 9.90 Å². The number of rotatable bonds is 4. The Labute approximate surface area is 129 Å². The van der Waals surface area contributed by atoms with Crippen molar-refractivity contribution in [3.05, 3.63) is 0 Å². The van der Waals surface area contributed by atoms with E-state index in [0.717, 1.165) is 32.4 Å². The molecule has 1 saturated carbocycles. The Hall–Kier alpha value is -0.610. The highest BCUT2D eigenvalue weighted by Crippen LogP contribution is 2.27. The lowest BCUT2D eigenvalue weighted by atomic mass is 9.85. The van der Waals surface area contributed by atoms with Crippen molar-refractivity contribution in [2.45, 2.75) is 64.5 Å². The number of hydrogen-bond acceptors (Lipinski definition) is 3. The smallest absolute Gasteiger partial charge is 0.236 e. The summed E-state index contributed by atoms with van der Waals surface area (Å²) in [6.07, 6.45) is 6.86. The fourth-order valence-corrected chi connectivity index (χ4v) is 3.99. The van der Waals surface area contributed by atoms with Crippen LogP contribution in [0.3, 0.4) is 0 Å². The van der Waals surface area contributed by atoms with Gasteiger partial charge in [-0.2, -0.15) is 0 Å². The van der Waals surface area contributed by atoms with E-state index in [0.29, 0.717) is 24.4 Å². The molecule has 1 heterocycles. The molecule has 21 heavy (non-hydrogen) atoms. The lowest BCUT2D eigenvalue weighted by molar-refractivity contribution is -0.135. The van der Waals surface area contributed by atoms with Gasteiger partial charge in [0.1, 0.15) is 0 Å². The maximum Gasteiger partial charge on any atom is 0.236 e. The van der Waals surface area contributed by atoms with E-state index in [4.69, 9.17) is 0 Å². The predicted molar refractivity (Wildman–Crippen MR) is 85.0 cm³/mol. The molecule has 4 atom stereocenters. The topological polar surface area (TPSA) is 43.8 Å². The minimum Gasteiger partial charge on any atom is -0.393 e. The van der Waals surface area contributed by atoms with Gasteiger partial charge in [-0.25, -0.2) is 0 Å². The highest BCUT2D eigenvalue weighted by Gasteiger charge is 2.30. The summed E-state index contributed by atoms with van der Waals surface area (Å²) in [4.78, 5) is 16.8. The molecule has 1 saturated heterocycles. The Morgan fingerprint density at radius 1 is 1.29 bits per heavy atom. The van der Waals surface area contributed by atoms with Crippen LogP contribution in [0.1, 0.15) is 52.4 Å². The van der Waals surface area contributed by atoms with Crippen LogP contribution in [-0.4, -0.2) is 59.6 Å². The van der Waals surface area contributed by atoms with E-state index in [1.165, 1.54) is 19.3 Å². The number of aliphatic hydroxyl groups excluding tert-OH is 1. The summed E-state index contributed by atoms with van der Waals surface area (Å²) < 4.78 is 0. The molecule has 0 bridgehead atoms. The third-order valence-corrected chi connectivity index (χ3v) is 5.54. The van der Waals surface area contributed by atoms with Crippen LogP contribution >= 0.6 is 0 Å². The van der Waals surface area contributed by atoms with Crippen LogP contribution < -0.4 is 0 Å². The number of piperidine rings is 1. The first-order valence-corrected chi connectivity index (χ1v) is 8.65. The minimum absolute atomic E-state index is 0.250. The van der Waals surface area contributed by atoms with Crippen molar-refractivity contribution in [1.29, 1.82) is 0 Å². The molecule has 4 heteroatoms. The standard InChI is InChI=1S/C17H32N2O2/c1-13-7-4-5-9-16(13)18(3)17(21)12-19-10-6-8-15(11-19)14(2)20/h13-16,20H,4-12H2,1-3H3. The number of hydrogen-bond donors (Lipinski definition) is 1. The van der Waals surface area contributed by atoms with E-state index < -0.39 is 0 Å². The molecule has 2 fully saturated rings. The third kappa shape index (κ3) is 4.43. The first-order valence-electron chi connectivity index (χ1n) is 8.65. The van der Waals surface area contributed by atoms with Gasteiger partial charge in [0.15, 0.2) is 0 Å². The zero-order chi connectivity index (χ0) is 15.4. The molecule has 0 aromatic rings. The van der Waals surface area contributed by atoms with Crippen LogP contribution in [-0.2, 0) is 4.79 Å². The van der Waals surface area contributed by atoms with Gasteiger partial charge in [-0.3, -0.25) is 9.69 Å². The number of likely N-dealkylation sites (tertiary alicyclic amines) is 1. The Bertz CT molecular complexity index is 346. The van der Waals surface area contributed by atoms with E-state index in [2.05, 4.69) is 11.8 Å². The van der Waals surface area contributed by atoms with Crippen LogP contribution in [0.5, 0.6) is 0 Å². The van der Waals surface area contributed by atoms with Gasteiger partial charge in [-0.15, -0.1) is 0 Å². The SMILES string of the molecule is CC(O)C1CCCN(CC(=O)N(C)C2CCCCC2C)C1. The van der Waals surface area contributed by atoms with Gasteiger partial charge < -0.3 is 10.0 Å². The second-order valence-electron chi connectivity index (χ2n) is 7.21. The summed E-state index contributed by atoms with van der Waals surface area (Å²) in [7, 11) is 1.98. The average Bonchev–Trinajstić information content (AvgIpc) is 2.47. The third-order valence-electron chi connectivity index (χ3n) is 5.54. The van der Waals surface area contributed by atoms with Crippen LogP contribution in [0.4, 0.5) is 0 Å². The number of amides is 1. The molecule has 1 N–H and O–H groups in total. The zero-order valence-corrected chi connectivity index (χ0v) is 13.9. The van der Waals surface area contributed by atoms with Crippen molar-refractivity contribution in [1.82, 2.24) is 9.80 Å². The predicted octanol–water partition coefficient (Wildman–Crippen LogP) is 2.12. The van der Waals surface area contributed by atoms with Gasteiger partial charge in [0.25, 0.3) is 0 Å². The van der Waals surface area contributed by atoms with E-state index in [1.807, 2.05) is 18.9 Å². The first kappa shape index (κ1) is 16.8. The lowest BCUT2D eigenvalue weighted by Gasteiger charge is -2.39. The number of aliphatic hydroxyl groups is 1. The quantitative estimate of drug-likeness (QED) is 0.864. The molecule has 122 valence electrons. The van der Waals surface area contributed by atoms with Crippen molar-refractivity contribution < 1.29 is 9.90 Å². The van der Waals surface area contributed by atoms with Crippen molar-refractivity contribution in [2.24, 2.45) is 11.8 Å². The Morgan fingerprint density at radius 3 is 2.67 bits per heavy atom. The van der Waals surface area contributed by atoms with Crippen molar-refractivity contribution in [3.63, 3.8) is 0 Å². The van der Waals surface area contributed by atoms with Crippen molar-refractivity contribution >= 4 is 5.91 Å². The van der Waals surface area contributed by atoms with Gasteiger partial charge in [-0.05, 0) is 51.0 Å². The molecule has 4 nitrogen and oxygen atoms in total. The monoisotopic (exact) mass is 296 g/mol. The van der Waals surface area contributed by atoms with Gasteiger partial charge in [0, 0.05) is 19.6 Å². The van der Waals surface area contributed by atoms with Gasteiger partial charge in [0.05, 0.1) is 12.6 Å². The number of likely N-dealkylation sites (N-methyl/N-ethyl adjacent to an activating group) is 1. The summed E-state index contributed by atoms with van der Waals surface area (Å²) in [5.41, 5.74) is 0. The summed E-state index contributed by atoms with van der Waals surface area (Å²) in [5, 5.41) is 9.75. The van der Waals surface area contributed by atoms with Crippen LogP contribution in [0, 0.1) is 11.8 Å². The van der Waals surface area contributed by atoms with E-state index in [-0.39, 0.29) is 12.0 Å². The Morgan fingerprint density at radius 2 is 2.00 bits per heavy atom. The molecule has 0 aromatic heterocycles. The average molecular weight is 296 g/mol. The van der Waals surface area contributed by atoms with Crippen molar-refractivity contribution in [3.8, 4) is 0 Å². The molecule has 2 aliphatic rings. The van der Waals surface area contributed by atoms with Crippen LogP contribution in [0.2, 0.25) is 0 Å². The Balaban J connectivity index is 1.85. The molecule has 0 spiro atoms. The number of carbonyl (C=O) groups excluding carboxylic acids is 1. The normalized spacial score (nSPS) is 32.7. The fraction of sp³-hybridized carbons (Fsp3) is 0.941. The van der Waals surface area contributed by atoms with Gasteiger partial charge in [0.2, 0.25) is 5.91 Å². The molecular weight excluding hydrogens is 264 g/mol. The van der Waals surface area contributed by atoms with Gasteiger partial charge >= 0.3 is 0 Å². The summed E-state index contributed by atoms with van der Waals surface area (Å²) in [6, 6.07) is 0.420. The van der Waals surface area contributed by atoms with Crippen LogP contribution in [0.15, 0.2) is 0 Å². The second-order valence-corrected chi connectivity index (χ2v) is 7.21. The molecule has 0 radical (unpaired) electrons. The lowest BCUT2D eigenvalue weighted by Crippen LogP contribution is -2.49. The molecule has 0 aromatic carbocycles. The molecular formula is C17H32N2O2. The number of nitrogens with zero attached hydrogens (tertiary/aromatic N) is 2. The fourth-order valence-electron chi connectivity index (χ4n) is 3.99. The maximum absolute atomic E-state index is 12.6. The number of carbonyl (C=O) groups is 1. The van der Waals surface area contributed by atoms with Gasteiger partial charge in [-0.1, -0.05) is 19.8 Å². The molecule has 1 aliphatic heterocycles. The summed E-state index contributed by atoms with van der Waals surface area (Å²) >= 11 is 0. The van der Waals surface area contributed by atoms with E-state index >= 15 is 0 Å². The van der Waals surface area contributed by atoms with Crippen molar-refractivity contribution in [2.75, 3.05) is 26.7 Å². The highest BCUT2D eigenvalue weighted by molar-refractivity contribution is 5.78. The van der Waals surface area contributed by atoms with E-state index in [1.54, 1.807) is 0 Å². The second kappa shape index (κ2) is 7.59. The minimum atomic E-state index is -0.265. The molecule has 1 aliphatic carbocycles. The summed E-state index contributed by atoms with van der Waals surface area (Å²) in [6.45, 7) is 6.51.